The third kappa shape index (κ3) is 6.37. The van der Waals surface area contributed by atoms with Crippen LogP contribution in [0, 0.1) is 5.92 Å². The minimum absolute atomic E-state index is 0.0194. The number of amides is 4. The van der Waals surface area contributed by atoms with Crippen molar-refractivity contribution in [3.63, 3.8) is 0 Å². The molecule has 0 unspecified atom stereocenters. The third-order valence-corrected chi connectivity index (χ3v) is 7.87. The predicted molar refractivity (Wildman–Crippen MR) is 136 cm³/mol. The molecule has 0 aliphatic carbocycles. The molecular weight excluding hydrogens is 460 g/mol. The van der Waals surface area contributed by atoms with Gasteiger partial charge in [0.2, 0.25) is 5.91 Å². The zero-order valence-electron chi connectivity index (χ0n) is 21.6. The first-order valence-electron chi connectivity index (χ1n) is 13.3. The highest BCUT2D eigenvalue weighted by molar-refractivity contribution is 6.05. The molecule has 3 saturated heterocycles. The second-order valence-corrected chi connectivity index (χ2v) is 10.1. The Morgan fingerprint density at radius 2 is 1.86 bits per heavy atom. The lowest BCUT2D eigenvalue weighted by atomic mass is 9.83. The number of ether oxygens (including phenoxy) is 2. The number of nitrogens with one attached hydrogen (secondary N) is 1. The molecule has 3 fully saturated rings. The summed E-state index contributed by atoms with van der Waals surface area (Å²) >= 11 is 0. The number of carbonyl (C=O) groups excluding carboxylic acids is 3. The third-order valence-electron chi connectivity index (χ3n) is 7.87. The van der Waals surface area contributed by atoms with Crippen molar-refractivity contribution in [2.24, 2.45) is 5.92 Å². The number of urea groups is 1. The molecule has 1 aromatic carbocycles. The van der Waals surface area contributed by atoms with Crippen LogP contribution in [0.25, 0.3) is 0 Å². The van der Waals surface area contributed by atoms with Crippen LogP contribution in [0.3, 0.4) is 0 Å². The zero-order valence-corrected chi connectivity index (χ0v) is 21.6. The first-order chi connectivity index (χ1) is 17.5. The van der Waals surface area contributed by atoms with Gasteiger partial charge in [-0.05, 0) is 68.8 Å². The van der Waals surface area contributed by atoms with E-state index in [-0.39, 0.29) is 24.8 Å². The van der Waals surface area contributed by atoms with Crippen LogP contribution in [0.4, 0.5) is 4.79 Å². The molecule has 1 aromatic rings. The fourth-order valence-electron chi connectivity index (χ4n) is 5.86. The van der Waals surface area contributed by atoms with Crippen LogP contribution in [0.5, 0.6) is 5.75 Å². The van der Waals surface area contributed by atoms with Crippen molar-refractivity contribution in [1.29, 1.82) is 0 Å². The monoisotopic (exact) mass is 500 g/mol. The van der Waals surface area contributed by atoms with E-state index in [4.69, 9.17) is 9.47 Å². The second kappa shape index (κ2) is 12.5. The predicted octanol–water partition coefficient (Wildman–Crippen LogP) is 2.29. The van der Waals surface area contributed by atoms with Gasteiger partial charge in [-0.1, -0.05) is 18.6 Å². The molecule has 3 heterocycles. The number of carbonyl (C=O) groups is 3. The number of rotatable bonds is 11. The average Bonchev–Trinajstić information content (AvgIpc) is 3.17. The molecule has 3 aliphatic heterocycles. The molecule has 4 rings (SSSR count). The summed E-state index contributed by atoms with van der Waals surface area (Å²) in [6.07, 6.45) is 6.51. The van der Waals surface area contributed by atoms with Gasteiger partial charge in [0.1, 0.15) is 11.8 Å². The van der Waals surface area contributed by atoms with Crippen LogP contribution >= 0.6 is 0 Å². The topological polar surface area (TPSA) is 91.4 Å². The molecule has 0 bridgehead atoms. The van der Waals surface area contributed by atoms with E-state index in [2.05, 4.69) is 10.2 Å². The van der Waals surface area contributed by atoms with Crippen molar-refractivity contribution in [1.82, 2.24) is 20.0 Å². The van der Waals surface area contributed by atoms with Crippen molar-refractivity contribution in [2.45, 2.75) is 57.0 Å². The van der Waals surface area contributed by atoms with Crippen LogP contribution in [0.15, 0.2) is 24.3 Å². The second-order valence-electron chi connectivity index (χ2n) is 10.1. The zero-order chi connectivity index (χ0) is 25.5. The van der Waals surface area contributed by atoms with Crippen LogP contribution in [-0.4, -0.2) is 98.2 Å². The Hall–Kier alpha value is -2.65. The maximum absolute atomic E-state index is 13.4. The van der Waals surface area contributed by atoms with Crippen LogP contribution < -0.4 is 10.1 Å². The summed E-state index contributed by atoms with van der Waals surface area (Å²) in [5, 5.41) is 2.73. The smallest absolute Gasteiger partial charge is 0.324 e. The lowest BCUT2D eigenvalue weighted by molar-refractivity contribution is -0.137. The van der Waals surface area contributed by atoms with Gasteiger partial charge in [-0.25, -0.2) is 4.79 Å². The molecular formula is C27H40N4O5. The summed E-state index contributed by atoms with van der Waals surface area (Å²) in [7, 11) is 3.24. The van der Waals surface area contributed by atoms with E-state index in [0.29, 0.717) is 38.1 Å². The summed E-state index contributed by atoms with van der Waals surface area (Å²) in [6, 6.07) is 6.84. The van der Waals surface area contributed by atoms with E-state index in [9.17, 15) is 14.4 Å². The van der Waals surface area contributed by atoms with Gasteiger partial charge >= 0.3 is 6.03 Å². The Kier molecular flexibility index (Phi) is 9.20. The van der Waals surface area contributed by atoms with E-state index >= 15 is 0 Å². The van der Waals surface area contributed by atoms with Crippen molar-refractivity contribution >= 4 is 17.8 Å². The molecule has 9 heteroatoms. The van der Waals surface area contributed by atoms with Gasteiger partial charge in [-0.15, -0.1) is 0 Å². The SMILES string of the molecule is COCCN(C[C@@H]1CCCN2CCCC[C@H]12)C(=O)C[C@H]1NC(=O)N(CCc2ccc(OC)cc2)C1=O. The largest absolute Gasteiger partial charge is 0.497 e. The lowest BCUT2D eigenvalue weighted by Crippen LogP contribution is -2.52. The number of methoxy groups -OCH3 is 2. The van der Waals surface area contributed by atoms with Crippen LogP contribution in [0.1, 0.15) is 44.1 Å². The number of fused-ring (bicyclic) bond motifs is 1. The average molecular weight is 501 g/mol. The van der Waals surface area contributed by atoms with Crippen LogP contribution in [0.2, 0.25) is 0 Å². The number of hydrogen-bond acceptors (Lipinski definition) is 6. The van der Waals surface area contributed by atoms with Crippen molar-refractivity contribution < 1.29 is 23.9 Å². The number of nitrogens with zero attached hydrogens (tertiary/aromatic N) is 3. The van der Waals surface area contributed by atoms with Crippen molar-refractivity contribution in [3.05, 3.63) is 29.8 Å². The van der Waals surface area contributed by atoms with Crippen molar-refractivity contribution in [3.8, 4) is 5.75 Å². The Morgan fingerprint density at radius 1 is 1.08 bits per heavy atom. The molecule has 3 aliphatic rings. The maximum atomic E-state index is 13.4. The molecule has 36 heavy (non-hydrogen) atoms. The van der Waals surface area contributed by atoms with Gasteiger partial charge in [0.25, 0.3) is 5.91 Å². The normalized spacial score (nSPS) is 24.4. The van der Waals surface area contributed by atoms with Gasteiger partial charge in [0, 0.05) is 32.8 Å². The van der Waals surface area contributed by atoms with Gasteiger partial charge in [0.15, 0.2) is 0 Å². The first kappa shape index (κ1) is 26.4. The quantitative estimate of drug-likeness (QED) is 0.469. The van der Waals surface area contributed by atoms with Gasteiger partial charge in [0.05, 0.1) is 20.1 Å². The van der Waals surface area contributed by atoms with E-state index in [1.807, 2.05) is 29.2 Å². The fourth-order valence-corrected chi connectivity index (χ4v) is 5.86. The first-order valence-corrected chi connectivity index (χ1v) is 13.3. The van der Waals surface area contributed by atoms with Crippen LogP contribution in [-0.2, 0) is 20.7 Å². The minimum Gasteiger partial charge on any atom is -0.497 e. The maximum Gasteiger partial charge on any atom is 0.324 e. The summed E-state index contributed by atoms with van der Waals surface area (Å²) in [5.41, 5.74) is 1.01. The highest BCUT2D eigenvalue weighted by atomic mass is 16.5. The highest BCUT2D eigenvalue weighted by Crippen LogP contribution is 2.31. The summed E-state index contributed by atoms with van der Waals surface area (Å²) in [4.78, 5) is 44.6. The Bertz CT molecular complexity index is 906. The van der Waals surface area contributed by atoms with Gasteiger partial charge in [-0.3, -0.25) is 14.5 Å². The molecule has 0 radical (unpaired) electrons. The van der Waals surface area contributed by atoms with E-state index in [0.717, 1.165) is 37.2 Å². The van der Waals surface area contributed by atoms with Crippen molar-refractivity contribution in [2.75, 3.05) is 53.6 Å². The van der Waals surface area contributed by atoms with Gasteiger partial charge < -0.3 is 24.6 Å². The minimum atomic E-state index is -0.816. The number of benzene rings is 1. The standard InChI is InChI=1S/C27H40N4O5/c1-35-17-16-30(19-21-6-5-14-29-13-4-3-7-24(21)29)25(32)18-23-26(33)31(27(34)28-23)15-12-20-8-10-22(36-2)11-9-20/h8-11,21,23-24H,3-7,12-19H2,1-2H3,(H,28,34)/t21-,23+,24+/m0/s1. The highest BCUT2D eigenvalue weighted by Gasteiger charge is 2.40. The number of hydrogen-bond donors (Lipinski definition) is 1. The molecule has 1 N–H and O–H groups in total. The van der Waals surface area contributed by atoms with E-state index in [1.165, 1.54) is 24.2 Å². The molecule has 0 saturated carbocycles. The fraction of sp³-hybridized carbons (Fsp3) is 0.667. The Balaban J connectivity index is 1.34. The van der Waals surface area contributed by atoms with E-state index < -0.39 is 12.1 Å². The summed E-state index contributed by atoms with van der Waals surface area (Å²) in [5.74, 6) is 0.768. The number of imide groups is 1. The van der Waals surface area contributed by atoms with Gasteiger partial charge in [-0.2, -0.15) is 0 Å². The molecule has 9 nitrogen and oxygen atoms in total. The molecule has 3 atom stereocenters. The molecule has 0 spiro atoms. The molecule has 198 valence electrons. The number of piperidine rings is 2. The lowest BCUT2D eigenvalue weighted by Gasteiger charge is -2.45. The molecule has 4 amide bonds. The Morgan fingerprint density at radius 3 is 2.61 bits per heavy atom. The summed E-state index contributed by atoms with van der Waals surface area (Å²) in [6.45, 7) is 4.21. The Labute approximate surface area is 214 Å². The van der Waals surface area contributed by atoms with E-state index in [1.54, 1.807) is 14.2 Å². The molecule has 0 aromatic heterocycles. The summed E-state index contributed by atoms with van der Waals surface area (Å²) < 4.78 is 10.5.